The summed E-state index contributed by atoms with van der Waals surface area (Å²) in [6.45, 7) is 3.26. The lowest BCUT2D eigenvalue weighted by Gasteiger charge is -2.36. The Labute approximate surface area is 98.1 Å². The minimum Gasteiger partial charge on any atom is -0.469 e. The second-order valence-corrected chi connectivity index (χ2v) is 5.18. The van der Waals surface area contributed by atoms with E-state index in [1.54, 1.807) is 0 Å². The van der Waals surface area contributed by atoms with Crippen LogP contribution in [0.2, 0.25) is 0 Å². The van der Waals surface area contributed by atoms with Crippen molar-refractivity contribution in [2.75, 3.05) is 26.7 Å². The zero-order valence-corrected chi connectivity index (χ0v) is 10.3. The number of methoxy groups -OCH3 is 1. The monoisotopic (exact) mass is 225 g/mol. The highest BCUT2D eigenvalue weighted by Gasteiger charge is 2.34. The lowest BCUT2D eigenvalue weighted by Crippen LogP contribution is -2.41. The van der Waals surface area contributed by atoms with Gasteiger partial charge in [-0.2, -0.15) is 0 Å². The van der Waals surface area contributed by atoms with Crippen LogP contribution in [0.1, 0.15) is 38.5 Å². The summed E-state index contributed by atoms with van der Waals surface area (Å²) in [6.07, 6.45) is 7.65. The number of carbonyl (C=O) groups is 1. The van der Waals surface area contributed by atoms with Crippen molar-refractivity contribution in [3.8, 4) is 0 Å². The van der Waals surface area contributed by atoms with Crippen molar-refractivity contribution in [3.63, 3.8) is 0 Å². The molecule has 16 heavy (non-hydrogen) atoms. The van der Waals surface area contributed by atoms with Crippen molar-refractivity contribution in [1.29, 1.82) is 0 Å². The Bertz CT molecular complexity index is 232. The van der Waals surface area contributed by atoms with Crippen LogP contribution >= 0.6 is 0 Å². The number of hydrogen-bond donors (Lipinski definition) is 0. The van der Waals surface area contributed by atoms with Gasteiger partial charge in [0.05, 0.1) is 13.0 Å². The largest absolute Gasteiger partial charge is 0.469 e. The van der Waals surface area contributed by atoms with Crippen LogP contribution in [0.5, 0.6) is 0 Å². The molecule has 0 aromatic heterocycles. The van der Waals surface area contributed by atoms with Gasteiger partial charge >= 0.3 is 5.97 Å². The number of rotatable bonds is 4. The summed E-state index contributed by atoms with van der Waals surface area (Å²) in [5, 5.41) is 0. The first kappa shape index (κ1) is 11.9. The lowest BCUT2D eigenvalue weighted by molar-refractivity contribution is -0.149. The molecule has 92 valence electrons. The number of piperidine rings is 1. The summed E-state index contributed by atoms with van der Waals surface area (Å²) in [5.41, 5.74) is 0. The number of hydrogen-bond acceptors (Lipinski definition) is 3. The van der Waals surface area contributed by atoms with E-state index < -0.39 is 0 Å². The molecule has 1 atom stereocenters. The molecule has 1 unspecified atom stereocenters. The number of esters is 1. The van der Waals surface area contributed by atoms with E-state index >= 15 is 0 Å². The molecule has 1 heterocycles. The molecule has 1 saturated carbocycles. The van der Waals surface area contributed by atoms with Crippen molar-refractivity contribution < 1.29 is 9.53 Å². The minimum atomic E-state index is 0.00951. The Hall–Kier alpha value is -0.570. The van der Waals surface area contributed by atoms with Crippen LogP contribution in [0.25, 0.3) is 0 Å². The second-order valence-electron chi connectivity index (χ2n) is 5.18. The van der Waals surface area contributed by atoms with Crippen LogP contribution in [-0.4, -0.2) is 37.6 Å². The van der Waals surface area contributed by atoms with Gasteiger partial charge in [-0.05, 0) is 44.7 Å². The van der Waals surface area contributed by atoms with Crippen LogP contribution in [0, 0.1) is 11.8 Å². The SMILES string of the molecule is COC(=O)C(CN1CCCCC1)C1CCC1. The topological polar surface area (TPSA) is 29.5 Å². The third kappa shape index (κ3) is 2.76. The Morgan fingerprint density at radius 3 is 2.44 bits per heavy atom. The zero-order valence-electron chi connectivity index (χ0n) is 10.3. The smallest absolute Gasteiger partial charge is 0.310 e. The fourth-order valence-electron chi connectivity index (χ4n) is 2.83. The normalized spacial score (nSPS) is 24.8. The van der Waals surface area contributed by atoms with Gasteiger partial charge in [-0.1, -0.05) is 12.8 Å². The third-order valence-corrected chi connectivity index (χ3v) is 4.13. The zero-order chi connectivity index (χ0) is 11.4. The van der Waals surface area contributed by atoms with Gasteiger partial charge in [0.25, 0.3) is 0 Å². The van der Waals surface area contributed by atoms with Gasteiger partial charge in [0.15, 0.2) is 0 Å². The van der Waals surface area contributed by atoms with Crippen LogP contribution in [0.4, 0.5) is 0 Å². The second kappa shape index (κ2) is 5.67. The fraction of sp³-hybridized carbons (Fsp3) is 0.923. The number of ether oxygens (including phenoxy) is 1. The third-order valence-electron chi connectivity index (χ3n) is 4.13. The van der Waals surface area contributed by atoms with E-state index in [4.69, 9.17) is 4.74 Å². The van der Waals surface area contributed by atoms with Gasteiger partial charge in [-0.3, -0.25) is 4.79 Å². The summed E-state index contributed by atoms with van der Waals surface area (Å²) in [5.74, 6) is 0.737. The molecule has 2 aliphatic rings. The van der Waals surface area contributed by atoms with Crippen LogP contribution in [0.3, 0.4) is 0 Å². The van der Waals surface area contributed by atoms with Gasteiger partial charge in [0, 0.05) is 6.54 Å². The Balaban J connectivity index is 1.87. The summed E-state index contributed by atoms with van der Waals surface area (Å²) >= 11 is 0. The Morgan fingerprint density at radius 2 is 1.94 bits per heavy atom. The standard InChI is InChI=1S/C13H23NO2/c1-16-13(15)12(11-6-5-7-11)10-14-8-3-2-4-9-14/h11-12H,2-10H2,1H3. The average molecular weight is 225 g/mol. The molecule has 3 heteroatoms. The number of nitrogens with zero attached hydrogens (tertiary/aromatic N) is 1. The lowest BCUT2D eigenvalue weighted by atomic mass is 9.75. The van der Waals surface area contributed by atoms with Crippen LogP contribution in [0.15, 0.2) is 0 Å². The predicted molar refractivity (Wildman–Crippen MR) is 63.1 cm³/mol. The molecule has 1 saturated heterocycles. The van der Waals surface area contributed by atoms with E-state index in [2.05, 4.69) is 4.90 Å². The average Bonchev–Trinajstić information content (AvgIpc) is 2.26. The summed E-state index contributed by atoms with van der Waals surface area (Å²) in [4.78, 5) is 14.2. The minimum absolute atomic E-state index is 0.00951. The first-order valence-electron chi connectivity index (χ1n) is 6.61. The molecule has 0 radical (unpaired) electrons. The van der Waals surface area contributed by atoms with Crippen molar-refractivity contribution in [2.24, 2.45) is 11.8 Å². The number of likely N-dealkylation sites (tertiary alicyclic amines) is 1. The highest BCUT2D eigenvalue weighted by Crippen LogP contribution is 2.34. The quantitative estimate of drug-likeness (QED) is 0.686. The molecule has 0 N–H and O–H groups in total. The summed E-state index contributed by atoms with van der Waals surface area (Å²) in [7, 11) is 1.52. The molecule has 0 amide bonds. The molecule has 2 rings (SSSR count). The maximum atomic E-state index is 11.8. The van der Waals surface area contributed by atoms with E-state index in [0.717, 1.165) is 6.54 Å². The van der Waals surface area contributed by atoms with Crippen molar-refractivity contribution in [2.45, 2.75) is 38.5 Å². The van der Waals surface area contributed by atoms with Crippen molar-refractivity contribution in [1.82, 2.24) is 4.90 Å². The van der Waals surface area contributed by atoms with Crippen LogP contribution in [-0.2, 0) is 9.53 Å². The molecular formula is C13H23NO2. The maximum absolute atomic E-state index is 11.8. The molecule has 0 spiro atoms. The van der Waals surface area contributed by atoms with Crippen molar-refractivity contribution >= 4 is 5.97 Å². The molecule has 0 bridgehead atoms. The van der Waals surface area contributed by atoms with E-state index in [1.807, 2.05) is 0 Å². The Kier molecular flexibility index (Phi) is 4.22. The van der Waals surface area contributed by atoms with Gasteiger partial charge in [-0.25, -0.2) is 0 Å². The summed E-state index contributed by atoms with van der Waals surface area (Å²) < 4.78 is 4.95. The number of carbonyl (C=O) groups excluding carboxylic acids is 1. The molecule has 0 aromatic carbocycles. The molecule has 3 nitrogen and oxygen atoms in total. The van der Waals surface area contributed by atoms with E-state index in [-0.39, 0.29) is 11.9 Å². The fourth-order valence-corrected chi connectivity index (χ4v) is 2.83. The molecule has 1 aliphatic carbocycles. The molecule has 1 aliphatic heterocycles. The van der Waals surface area contributed by atoms with Gasteiger partial charge in [0.1, 0.15) is 0 Å². The molecular weight excluding hydrogens is 202 g/mol. The van der Waals surface area contributed by atoms with Crippen molar-refractivity contribution in [3.05, 3.63) is 0 Å². The summed E-state index contributed by atoms with van der Waals surface area (Å²) in [6, 6.07) is 0. The molecule has 2 fully saturated rings. The van der Waals surface area contributed by atoms with Gasteiger partial charge in [0.2, 0.25) is 0 Å². The highest BCUT2D eigenvalue weighted by atomic mass is 16.5. The maximum Gasteiger partial charge on any atom is 0.310 e. The predicted octanol–water partition coefficient (Wildman–Crippen LogP) is 2.06. The van der Waals surface area contributed by atoms with E-state index in [1.165, 1.54) is 58.7 Å². The first-order valence-corrected chi connectivity index (χ1v) is 6.61. The van der Waals surface area contributed by atoms with Crippen LogP contribution < -0.4 is 0 Å². The van der Waals surface area contributed by atoms with E-state index in [9.17, 15) is 4.79 Å². The first-order chi connectivity index (χ1) is 7.81. The molecule has 0 aromatic rings. The Morgan fingerprint density at radius 1 is 1.25 bits per heavy atom. The highest BCUT2D eigenvalue weighted by molar-refractivity contribution is 5.73. The van der Waals surface area contributed by atoms with Gasteiger partial charge in [-0.15, -0.1) is 0 Å². The van der Waals surface area contributed by atoms with Gasteiger partial charge < -0.3 is 9.64 Å². The van der Waals surface area contributed by atoms with E-state index in [0.29, 0.717) is 5.92 Å².